The van der Waals surface area contributed by atoms with Crippen LogP contribution >= 0.6 is 0 Å². The van der Waals surface area contributed by atoms with E-state index in [1.807, 2.05) is 12.1 Å². The number of para-hydroxylation sites is 1. The van der Waals surface area contributed by atoms with Crippen molar-refractivity contribution in [2.75, 3.05) is 14.2 Å². The second-order valence-corrected chi connectivity index (χ2v) is 6.24. The van der Waals surface area contributed by atoms with Crippen molar-refractivity contribution in [3.63, 3.8) is 0 Å². The highest BCUT2D eigenvalue weighted by molar-refractivity contribution is 7.89. The van der Waals surface area contributed by atoms with Crippen LogP contribution in [0.1, 0.15) is 12.5 Å². The van der Waals surface area contributed by atoms with Crippen LogP contribution in [0.4, 0.5) is 0 Å². The van der Waals surface area contributed by atoms with Crippen molar-refractivity contribution in [3.05, 3.63) is 29.8 Å². The molecule has 0 fully saturated rings. The van der Waals surface area contributed by atoms with Gasteiger partial charge in [-0.1, -0.05) is 18.2 Å². The number of hydrogen-bond donors (Lipinski definition) is 0. The molecule has 0 N–H and O–H groups in total. The molecule has 0 spiro atoms. The highest BCUT2D eigenvalue weighted by atomic mass is 32.2. The zero-order chi connectivity index (χ0) is 13.8. The van der Waals surface area contributed by atoms with E-state index in [0.29, 0.717) is 5.75 Å². The van der Waals surface area contributed by atoms with Gasteiger partial charge in [-0.2, -0.15) is 9.57 Å². The average molecular weight is 268 g/mol. The summed E-state index contributed by atoms with van der Waals surface area (Å²) in [5.74, 6) is 0.629. The molecule has 0 saturated carbocycles. The molecule has 1 rings (SSSR count). The van der Waals surface area contributed by atoms with Crippen LogP contribution in [-0.4, -0.2) is 32.1 Å². The highest BCUT2D eigenvalue weighted by Gasteiger charge is 2.26. The number of sulfonamides is 1. The summed E-state index contributed by atoms with van der Waals surface area (Å²) in [6.45, 7) is 1.55. The highest BCUT2D eigenvalue weighted by Crippen LogP contribution is 2.20. The van der Waals surface area contributed by atoms with Gasteiger partial charge in [0.1, 0.15) is 5.75 Å². The van der Waals surface area contributed by atoms with Gasteiger partial charge in [-0.15, -0.1) is 0 Å². The third-order valence-corrected chi connectivity index (χ3v) is 4.65. The molecular weight excluding hydrogens is 252 g/mol. The van der Waals surface area contributed by atoms with Crippen LogP contribution < -0.4 is 4.74 Å². The first-order chi connectivity index (χ1) is 8.43. The van der Waals surface area contributed by atoms with Crippen LogP contribution in [0.25, 0.3) is 0 Å². The van der Waals surface area contributed by atoms with E-state index < -0.39 is 15.3 Å². The van der Waals surface area contributed by atoms with Crippen LogP contribution in [0.5, 0.6) is 5.75 Å². The van der Waals surface area contributed by atoms with Gasteiger partial charge in [0.15, 0.2) is 5.25 Å². The standard InChI is InChI=1S/C12H16N2O3S/c1-10(8-13)18(15,16)14(2)9-11-6-4-5-7-12(11)17-3/h4-7,10H,9H2,1-3H3. The Balaban J connectivity index is 2.95. The summed E-state index contributed by atoms with van der Waals surface area (Å²) in [5, 5.41) is 7.65. The van der Waals surface area contributed by atoms with Crippen LogP contribution in [0.3, 0.4) is 0 Å². The van der Waals surface area contributed by atoms with Crippen molar-refractivity contribution in [2.24, 2.45) is 0 Å². The molecule has 1 aromatic rings. The van der Waals surface area contributed by atoms with Gasteiger partial charge in [-0.3, -0.25) is 0 Å². The second-order valence-electron chi connectivity index (χ2n) is 3.88. The van der Waals surface area contributed by atoms with Gasteiger partial charge in [0.05, 0.1) is 13.2 Å². The zero-order valence-corrected chi connectivity index (χ0v) is 11.4. The van der Waals surface area contributed by atoms with Crippen LogP contribution in [-0.2, 0) is 16.6 Å². The first kappa shape index (κ1) is 14.5. The summed E-state index contributed by atoms with van der Waals surface area (Å²) in [5.41, 5.74) is 0.760. The molecular formula is C12H16N2O3S. The Kier molecular flexibility index (Phi) is 4.70. The molecule has 1 atom stereocenters. The maximum absolute atomic E-state index is 11.9. The van der Waals surface area contributed by atoms with Crippen molar-refractivity contribution >= 4 is 10.0 Å². The maximum atomic E-state index is 11.9. The Hall–Kier alpha value is -1.58. The van der Waals surface area contributed by atoms with E-state index in [-0.39, 0.29) is 6.54 Å². The Bertz CT molecular complexity index is 549. The number of nitrogens with zero attached hydrogens (tertiary/aromatic N) is 2. The molecule has 1 unspecified atom stereocenters. The maximum Gasteiger partial charge on any atom is 0.230 e. The first-order valence-corrected chi connectivity index (χ1v) is 6.90. The molecule has 0 aliphatic rings. The predicted molar refractivity (Wildman–Crippen MR) is 68.5 cm³/mol. The molecule has 6 heteroatoms. The van der Waals surface area contributed by atoms with E-state index in [4.69, 9.17) is 10.00 Å². The van der Waals surface area contributed by atoms with Crippen LogP contribution in [0, 0.1) is 11.3 Å². The fraction of sp³-hybridized carbons (Fsp3) is 0.417. The lowest BCUT2D eigenvalue weighted by Crippen LogP contribution is -2.33. The van der Waals surface area contributed by atoms with E-state index in [1.54, 1.807) is 18.2 Å². The Labute approximate surface area is 108 Å². The Morgan fingerprint density at radius 3 is 2.61 bits per heavy atom. The minimum absolute atomic E-state index is 0.179. The normalized spacial score (nSPS) is 13.1. The van der Waals surface area contributed by atoms with E-state index in [1.165, 1.54) is 25.4 Å². The first-order valence-electron chi connectivity index (χ1n) is 5.40. The van der Waals surface area contributed by atoms with E-state index in [9.17, 15) is 8.42 Å². The lowest BCUT2D eigenvalue weighted by molar-refractivity contribution is 0.397. The quantitative estimate of drug-likeness (QED) is 0.808. The molecule has 0 saturated heterocycles. The summed E-state index contributed by atoms with van der Waals surface area (Å²) in [7, 11) is -0.609. The predicted octanol–water partition coefficient (Wildman–Crippen LogP) is 1.37. The molecule has 0 bridgehead atoms. The lowest BCUT2D eigenvalue weighted by atomic mass is 10.2. The van der Waals surface area contributed by atoms with Gasteiger partial charge in [0, 0.05) is 19.2 Å². The van der Waals surface area contributed by atoms with Crippen molar-refractivity contribution in [1.29, 1.82) is 5.26 Å². The van der Waals surface area contributed by atoms with Crippen molar-refractivity contribution in [3.8, 4) is 11.8 Å². The largest absolute Gasteiger partial charge is 0.496 e. The third kappa shape index (κ3) is 3.00. The van der Waals surface area contributed by atoms with E-state index in [2.05, 4.69) is 0 Å². The second kappa shape index (κ2) is 5.85. The molecule has 0 aliphatic heterocycles. The number of methoxy groups -OCH3 is 1. The smallest absolute Gasteiger partial charge is 0.230 e. The third-order valence-electron chi connectivity index (χ3n) is 2.65. The average Bonchev–Trinajstić information content (AvgIpc) is 2.38. The van der Waals surface area contributed by atoms with Gasteiger partial charge in [0.2, 0.25) is 10.0 Å². The van der Waals surface area contributed by atoms with Crippen molar-refractivity contribution in [2.45, 2.75) is 18.7 Å². The van der Waals surface area contributed by atoms with Crippen molar-refractivity contribution < 1.29 is 13.2 Å². The summed E-state index contributed by atoms with van der Waals surface area (Å²) < 4.78 is 30.2. The van der Waals surface area contributed by atoms with Crippen LogP contribution in [0.15, 0.2) is 24.3 Å². The van der Waals surface area contributed by atoms with Gasteiger partial charge in [0.25, 0.3) is 0 Å². The summed E-state index contributed by atoms with van der Waals surface area (Å²) in [4.78, 5) is 0. The fourth-order valence-electron chi connectivity index (χ4n) is 1.50. The molecule has 0 amide bonds. The zero-order valence-electron chi connectivity index (χ0n) is 10.6. The molecule has 0 heterocycles. The monoisotopic (exact) mass is 268 g/mol. The molecule has 0 radical (unpaired) electrons. The summed E-state index contributed by atoms with van der Waals surface area (Å²) >= 11 is 0. The number of benzene rings is 1. The van der Waals surface area contributed by atoms with E-state index >= 15 is 0 Å². The van der Waals surface area contributed by atoms with Gasteiger partial charge in [-0.25, -0.2) is 8.42 Å². The summed E-state index contributed by atoms with van der Waals surface area (Å²) in [6, 6.07) is 8.93. The Morgan fingerprint density at radius 2 is 2.06 bits per heavy atom. The Morgan fingerprint density at radius 1 is 1.44 bits per heavy atom. The molecule has 18 heavy (non-hydrogen) atoms. The molecule has 0 aliphatic carbocycles. The van der Waals surface area contributed by atoms with Gasteiger partial charge >= 0.3 is 0 Å². The minimum atomic E-state index is -3.60. The number of hydrogen-bond acceptors (Lipinski definition) is 4. The number of rotatable bonds is 5. The minimum Gasteiger partial charge on any atom is -0.496 e. The number of nitriles is 1. The lowest BCUT2D eigenvalue weighted by Gasteiger charge is -2.19. The SMILES string of the molecule is COc1ccccc1CN(C)S(=O)(=O)C(C)C#N. The van der Waals surface area contributed by atoms with Gasteiger partial charge in [-0.05, 0) is 13.0 Å². The van der Waals surface area contributed by atoms with E-state index in [0.717, 1.165) is 5.56 Å². The van der Waals surface area contributed by atoms with Gasteiger partial charge < -0.3 is 4.74 Å². The van der Waals surface area contributed by atoms with Crippen LogP contribution in [0.2, 0.25) is 0 Å². The fourth-order valence-corrected chi connectivity index (χ4v) is 2.49. The topological polar surface area (TPSA) is 70.4 Å². The molecule has 0 aromatic heterocycles. The molecule has 5 nitrogen and oxygen atoms in total. The molecule has 98 valence electrons. The molecule has 1 aromatic carbocycles. The van der Waals surface area contributed by atoms with Crippen molar-refractivity contribution in [1.82, 2.24) is 4.31 Å². The summed E-state index contributed by atoms with van der Waals surface area (Å²) in [6.07, 6.45) is 0. The number of ether oxygens (including phenoxy) is 1.